The molecule has 160 valence electrons. The summed E-state index contributed by atoms with van der Waals surface area (Å²) in [6, 6.07) is 9.34. The van der Waals surface area contributed by atoms with E-state index in [0.29, 0.717) is 29.5 Å². The number of amides is 2. The fourth-order valence-electron chi connectivity index (χ4n) is 2.90. The van der Waals surface area contributed by atoms with Crippen LogP contribution in [0.15, 0.2) is 47.4 Å². The van der Waals surface area contributed by atoms with E-state index in [1.165, 1.54) is 0 Å². The van der Waals surface area contributed by atoms with Crippen LogP contribution in [-0.4, -0.2) is 46.4 Å². The number of hydrogen-bond donors (Lipinski definition) is 3. The molecule has 0 aromatic heterocycles. The lowest BCUT2D eigenvalue weighted by Crippen LogP contribution is -2.47. The number of nitrogens with zero attached hydrogens (tertiary/aromatic N) is 1. The second-order valence-corrected chi connectivity index (χ2v) is 8.76. The van der Waals surface area contributed by atoms with Gasteiger partial charge in [-0.2, -0.15) is 0 Å². The van der Waals surface area contributed by atoms with E-state index in [9.17, 15) is 22.4 Å². The molecule has 1 fully saturated rings. The van der Waals surface area contributed by atoms with Crippen LogP contribution < -0.4 is 20.3 Å². The number of nitrogens with one attached hydrogen (secondary N) is 3. The molecule has 1 aliphatic rings. The summed E-state index contributed by atoms with van der Waals surface area (Å²) in [6.45, 7) is 1.24. The maximum Gasteiger partial charge on any atom is 0.240 e. The van der Waals surface area contributed by atoms with Crippen molar-refractivity contribution in [2.24, 2.45) is 0 Å². The molecule has 2 amide bonds. The lowest BCUT2D eigenvalue weighted by atomic mass is 10.2. The quantitative estimate of drug-likeness (QED) is 0.590. The van der Waals surface area contributed by atoms with Gasteiger partial charge in [0.05, 0.1) is 22.2 Å². The Labute approximate surface area is 178 Å². The van der Waals surface area contributed by atoms with Gasteiger partial charge in [0.2, 0.25) is 21.8 Å². The summed E-state index contributed by atoms with van der Waals surface area (Å²) in [5.74, 6) is -1.03. The normalized spacial score (nSPS) is 14.3. The van der Waals surface area contributed by atoms with Crippen LogP contribution in [0.25, 0.3) is 0 Å². The molecule has 8 nitrogen and oxygen atoms in total. The molecule has 0 spiro atoms. The maximum absolute atomic E-state index is 12.9. The van der Waals surface area contributed by atoms with Gasteiger partial charge < -0.3 is 15.5 Å². The zero-order valence-electron chi connectivity index (χ0n) is 15.8. The number of piperazine rings is 1. The Morgan fingerprint density at radius 3 is 2.60 bits per heavy atom. The molecule has 0 aliphatic carbocycles. The third kappa shape index (κ3) is 5.68. The van der Waals surface area contributed by atoms with Gasteiger partial charge in [0, 0.05) is 31.7 Å². The van der Waals surface area contributed by atoms with Gasteiger partial charge in [0.25, 0.3) is 0 Å². The van der Waals surface area contributed by atoms with E-state index in [1.807, 2.05) is 4.90 Å². The maximum atomic E-state index is 12.9. The van der Waals surface area contributed by atoms with Gasteiger partial charge >= 0.3 is 0 Å². The molecule has 1 saturated heterocycles. The smallest absolute Gasteiger partial charge is 0.240 e. The Morgan fingerprint density at radius 2 is 1.93 bits per heavy atom. The van der Waals surface area contributed by atoms with Crippen LogP contribution in [0, 0.1) is 5.82 Å². The van der Waals surface area contributed by atoms with Crippen LogP contribution in [0.4, 0.5) is 15.8 Å². The first kappa shape index (κ1) is 22.0. The zero-order chi connectivity index (χ0) is 21.7. The molecule has 0 atom stereocenters. The van der Waals surface area contributed by atoms with Crippen LogP contribution in [0.1, 0.15) is 6.42 Å². The van der Waals surface area contributed by atoms with Gasteiger partial charge in [-0.05, 0) is 42.5 Å². The van der Waals surface area contributed by atoms with E-state index >= 15 is 0 Å². The van der Waals surface area contributed by atoms with Gasteiger partial charge in [-0.3, -0.25) is 9.59 Å². The number of halogens is 2. The average molecular weight is 455 g/mol. The van der Waals surface area contributed by atoms with Crippen molar-refractivity contribution in [2.75, 3.05) is 36.4 Å². The van der Waals surface area contributed by atoms with Crippen molar-refractivity contribution in [1.29, 1.82) is 0 Å². The monoisotopic (exact) mass is 454 g/mol. The Hall–Kier alpha value is -2.69. The van der Waals surface area contributed by atoms with Gasteiger partial charge in [0.15, 0.2) is 0 Å². The molecule has 3 N–H and O–H groups in total. The highest BCUT2D eigenvalue weighted by Crippen LogP contribution is 2.29. The van der Waals surface area contributed by atoms with Crippen molar-refractivity contribution < 1.29 is 22.4 Å². The predicted molar refractivity (Wildman–Crippen MR) is 112 cm³/mol. The molecule has 0 unspecified atom stereocenters. The summed E-state index contributed by atoms with van der Waals surface area (Å²) in [5.41, 5.74) is 1.15. The minimum Gasteiger partial charge on any atom is -0.359 e. The molecule has 0 saturated carbocycles. The number of carbonyl (C=O) groups is 2. The molecular formula is C19H20ClFN4O4S. The number of hydrogen-bond acceptors (Lipinski definition) is 5. The standard InChI is InChI=1S/C19H20ClFN4O4S/c20-16-11-14(3-6-17(16)25-10-9-22-19(27)12-25)24-18(26)7-8-23-30(28,29)15-4-1-13(21)2-5-15/h1-6,11,23H,7-10,12H2,(H,22,27)(H,24,26). The average Bonchev–Trinajstić information content (AvgIpc) is 2.68. The largest absolute Gasteiger partial charge is 0.359 e. The second kappa shape index (κ2) is 9.41. The highest BCUT2D eigenvalue weighted by Gasteiger charge is 2.19. The first-order valence-electron chi connectivity index (χ1n) is 9.11. The summed E-state index contributed by atoms with van der Waals surface area (Å²) >= 11 is 6.29. The minimum atomic E-state index is -3.83. The van der Waals surface area contributed by atoms with Gasteiger partial charge in [-0.1, -0.05) is 11.6 Å². The molecule has 30 heavy (non-hydrogen) atoms. The second-order valence-electron chi connectivity index (χ2n) is 6.59. The van der Waals surface area contributed by atoms with Gasteiger partial charge in [-0.25, -0.2) is 17.5 Å². The summed E-state index contributed by atoms with van der Waals surface area (Å²) in [6.07, 6.45) is -0.105. The van der Waals surface area contributed by atoms with Crippen molar-refractivity contribution in [3.8, 4) is 0 Å². The molecular weight excluding hydrogens is 435 g/mol. The van der Waals surface area contributed by atoms with Crippen LogP contribution >= 0.6 is 11.6 Å². The third-order valence-electron chi connectivity index (χ3n) is 4.38. The summed E-state index contributed by atoms with van der Waals surface area (Å²) < 4.78 is 39.5. The molecule has 2 aromatic carbocycles. The molecule has 1 heterocycles. The highest BCUT2D eigenvalue weighted by molar-refractivity contribution is 7.89. The number of carbonyl (C=O) groups excluding carboxylic acids is 2. The fraction of sp³-hybridized carbons (Fsp3) is 0.263. The third-order valence-corrected chi connectivity index (χ3v) is 6.16. The molecule has 3 rings (SSSR count). The molecule has 1 aliphatic heterocycles. The molecule has 11 heteroatoms. The van der Waals surface area contributed by atoms with Crippen molar-refractivity contribution in [2.45, 2.75) is 11.3 Å². The Balaban J connectivity index is 1.53. The minimum absolute atomic E-state index is 0.0851. The lowest BCUT2D eigenvalue weighted by molar-refractivity contribution is -0.120. The summed E-state index contributed by atoms with van der Waals surface area (Å²) in [5, 5.41) is 5.77. The SMILES string of the molecule is O=C1CN(c2ccc(NC(=O)CCNS(=O)(=O)c3ccc(F)cc3)cc2Cl)CCN1. The predicted octanol–water partition coefficient (Wildman–Crippen LogP) is 1.72. The van der Waals surface area contributed by atoms with E-state index in [2.05, 4.69) is 15.4 Å². The van der Waals surface area contributed by atoms with E-state index in [4.69, 9.17) is 11.6 Å². The van der Waals surface area contributed by atoms with E-state index in [1.54, 1.807) is 18.2 Å². The molecule has 0 radical (unpaired) electrons. The van der Waals surface area contributed by atoms with Crippen molar-refractivity contribution in [3.05, 3.63) is 53.3 Å². The first-order chi connectivity index (χ1) is 14.2. The Morgan fingerprint density at radius 1 is 1.20 bits per heavy atom. The van der Waals surface area contributed by atoms with Gasteiger partial charge in [0.1, 0.15) is 5.82 Å². The number of benzene rings is 2. The van der Waals surface area contributed by atoms with Crippen LogP contribution in [0.3, 0.4) is 0 Å². The highest BCUT2D eigenvalue weighted by atomic mass is 35.5. The first-order valence-corrected chi connectivity index (χ1v) is 11.0. The number of rotatable bonds is 7. The topological polar surface area (TPSA) is 108 Å². The van der Waals surface area contributed by atoms with E-state index < -0.39 is 21.7 Å². The van der Waals surface area contributed by atoms with Crippen LogP contribution in [0.2, 0.25) is 5.02 Å². The van der Waals surface area contributed by atoms with E-state index in [0.717, 1.165) is 24.3 Å². The van der Waals surface area contributed by atoms with E-state index in [-0.39, 0.29) is 30.3 Å². The number of sulfonamides is 1. The summed E-state index contributed by atoms with van der Waals surface area (Å²) in [4.78, 5) is 25.4. The molecule has 2 aromatic rings. The Bertz CT molecular complexity index is 1050. The fourth-order valence-corrected chi connectivity index (χ4v) is 4.24. The van der Waals surface area contributed by atoms with Crippen LogP contribution in [-0.2, 0) is 19.6 Å². The zero-order valence-corrected chi connectivity index (χ0v) is 17.4. The lowest BCUT2D eigenvalue weighted by Gasteiger charge is -2.29. The number of anilines is 2. The molecule has 0 bridgehead atoms. The summed E-state index contributed by atoms with van der Waals surface area (Å²) in [7, 11) is -3.83. The van der Waals surface area contributed by atoms with Crippen molar-refractivity contribution in [3.63, 3.8) is 0 Å². The van der Waals surface area contributed by atoms with Crippen molar-refractivity contribution in [1.82, 2.24) is 10.0 Å². The van der Waals surface area contributed by atoms with Crippen molar-refractivity contribution >= 4 is 44.8 Å². The van der Waals surface area contributed by atoms with Crippen LogP contribution in [0.5, 0.6) is 0 Å². The van der Waals surface area contributed by atoms with Gasteiger partial charge in [-0.15, -0.1) is 0 Å². The Kier molecular flexibility index (Phi) is 6.91.